The van der Waals surface area contributed by atoms with Crippen molar-refractivity contribution in [2.45, 2.75) is 43.5 Å². The topological polar surface area (TPSA) is 43.8 Å². The van der Waals surface area contributed by atoms with E-state index in [1.54, 1.807) is 0 Å². The number of hydrogen-bond donors (Lipinski definition) is 1. The molecular formula is C11H19N3S. The van der Waals surface area contributed by atoms with Gasteiger partial charge in [0.15, 0.2) is 0 Å². The molecule has 2 rings (SSSR count). The molecule has 0 unspecified atom stereocenters. The van der Waals surface area contributed by atoms with Gasteiger partial charge in [0.25, 0.3) is 0 Å². The Morgan fingerprint density at radius 2 is 2.27 bits per heavy atom. The molecular weight excluding hydrogens is 206 g/mol. The molecule has 2 N–H and O–H groups in total. The fourth-order valence-corrected chi connectivity index (χ4v) is 2.64. The Balaban J connectivity index is 2.19. The van der Waals surface area contributed by atoms with E-state index in [-0.39, 0.29) is 5.54 Å². The van der Waals surface area contributed by atoms with Crippen LogP contribution in [0.1, 0.15) is 32.4 Å². The molecule has 0 bridgehead atoms. The highest BCUT2D eigenvalue weighted by atomic mass is 32.2. The van der Waals surface area contributed by atoms with Crippen molar-refractivity contribution < 1.29 is 0 Å². The van der Waals surface area contributed by atoms with Gasteiger partial charge in [0.2, 0.25) is 0 Å². The SMILES string of the molecule is CSC1(Cn2cncc2C(C)(C)N)CC1. The van der Waals surface area contributed by atoms with Crippen LogP contribution in [0.25, 0.3) is 0 Å². The molecule has 1 aliphatic carbocycles. The lowest BCUT2D eigenvalue weighted by atomic mass is 10.0. The number of rotatable bonds is 4. The molecule has 1 heterocycles. The van der Waals surface area contributed by atoms with Crippen molar-refractivity contribution >= 4 is 11.8 Å². The molecule has 0 amide bonds. The minimum absolute atomic E-state index is 0.301. The van der Waals surface area contributed by atoms with E-state index < -0.39 is 0 Å². The molecule has 1 aliphatic rings. The second-order valence-electron chi connectivity index (χ2n) is 5.02. The first kappa shape index (κ1) is 11.0. The molecule has 0 spiro atoms. The summed E-state index contributed by atoms with van der Waals surface area (Å²) in [7, 11) is 0. The van der Waals surface area contributed by atoms with Crippen LogP contribution in [0.3, 0.4) is 0 Å². The second kappa shape index (κ2) is 3.52. The van der Waals surface area contributed by atoms with Gasteiger partial charge in [0.05, 0.1) is 17.6 Å². The van der Waals surface area contributed by atoms with Crippen LogP contribution in [-0.2, 0) is 12.1 Å². The summed E-state index contributed by atoms with van der Waals surface area (Å²) in [5.41, 5.74) is 6.94. The molecule has 1 fully saturated rings. The Morgan fingerprint density at radius 1 is 1.60 bits per heavy atom. The van der Waals surface area contributed by atoms with Gasteiger partial charge in [-0.15, -0.1) is 0 Å². The molecule has 0 aromatic carbocycles. The van der Waals surface area contributed by atoms with E-state index in [1.165, 1.54) is 12.8 Å². The van der Waals surface area contributed by atoms with E-state index in [1.807, 2.05) is 38.1 Å². The highest BCUT2D eigenvalue weighted by Crippen LogP contribution is 2.48. The van der Waals surface area contributed by atoms with Crippen LogP contribution in [0.4, 0.5) is 0 Å². The summed E-state index contributed by atoms with van der Waals surface area (Å²) >= 11 is 1.97. The zero-order chi connectivity index (χ0) is 11.1. The van der Waals surface area contributed by atoms with Crippen LogP contribution in [0, 0.1) is 0 Å². The smallest absolute Gasteiger partial charge is 0.0949 e. The molecule has 1 saturated carbocycles. The van der Waals surface area contributed by atoms with E-state index in [2.05, 4.69) is 15.8 Å². The van der Waals surface area contributed by atoms with Crippen molar-refractivity contribution in [2.75, 3.05) is 6.26 Å². The predicted octanol–water partition coefficient (Wildman–Crippen LogP) is 1.97. The average molecular weight is 225 g/mol. The van der Waals surface area contributed by atoms with Gasteiger partial charge in [0.1, 0.15) is 0 Å². The highest BCUT2D eigenvalue weighted by Gasteiger charge is 2.42. The normalized spacial score (nSPS) is 19.2. The minimum atomic E-state index is -0.301. The van der Waals surface area contributed by atoms with Gasteiger partial charge in [-0.2, -0.15) is 11.8 Å². The third kappa shape index (κ3) is 2.21. The van der Waals surface area contributed by atoms with Gasteiger partial charge in [-0.25, -0.2) is 4.98 Å². The maximum atomic E-state index is 6.12. The summed E-state index contributed by atoms with van der Waals surface area (Å²) in [4.78, 5) is 4.21. The molecule has 4 heteroatoms. The summed E-state index contributed by atoms with van der Waals surface area (Å²) in [5.74, 6) is 0. The minimum Gasteiger partial charge on any atom is -0.332 e. The van der Waals surface area contributed by atoms with Crippen LogP contribution in [0.15, 0.2) is 12.5 Å². The lowest BCUT2D eigenvalue weighted by molar-refractivity contribution is 0.486. The fourth-order valence-electron chi connectivity index (χ4n) is 1.86. The van der Waals surface area contributed by atoms with E-state index >= 15 is 0 Å². The molecule has 0 aliphatic heterocycles. The molecule has 0 saturated heterocycles. The standard InChI is InChI=1S/C11H19N3S/c1-10(2,12)9-6-13-8-14(9)7-11(15-3)4-5-11/h6,8H,4-5,7,12H2,1-3H3. The van der Waals surface area contributed by atoms with Gasteiger partial charge in [-0.05, 0) is 32.9 Å². The van der Waals surface area contributed by atoms with Crippen molar-refractivity contribution in [1.82, 2.24) is 9.55 Å². The number of nitrogens with zero attached hydrogens (tertiary/aromatic N) is 2. The lowest BCUT2D eigenvalue weighted by Gasteiger charge is -2.23. The zero-order valence-corrected chi connectivity index (χ0v) is 10.5. The Bertz CT molecular complexity index is 347. The monoisotopic (exact) mass is 225 g/mol. The number of thioether (sulfide) groups is 1. The highest BCUT2D eigenvalue weighted by molar-refractivity contribution is 8.00. The first-order chi connectivity index (χ1) is 6.97. The first-order valence-corrected chi connectivity index (χ1v) is 6.54. The average Bonchev–Trinajstić information content (AvgIpc) is 2.73. The van der Waals surface area contributed by atoms with E-state index in [0.29, 0.717) is 4.75 Å². The number of hydrogen-bond acceptors (Lipinski definition) is 3. The summed E-state index contributed by atoms with van der Waals surface area (Å²) in [6.07, 6.45) is 8.61. The summed E-state index contributed by atoms with van der Waals surface area (Å²) in [6.45, 7) is 5.10. The van der Waals surface area contributed by atoms with Gasteiger partial charge >= 0.3 is 0 Å². The van der Waals surface area contributed by atoms with Crippen LogP contribution in [-0.4, -0.2) is 20.6 Å². The Hall–Kier alpha value is -0.480. The largest absolute Gasteiger partial charge is 0.332 e. The van der Waals surface area contributed by atoms with Crippen LogP contribution < -0.4 is 5.73 Å². The van der Waals surface area contributed by atoms with Gasteiger partial charge in [-0.3, -0.25) is 0 Å². The van der Waals surface area contributed by atoms with Crippen molar-refractivity contribution in [3.8, 4) is 0 Å². The first-order valence-electron chi connectivity index (χ1n) is 5.31. The van der Waals surface area contributed by atoms with E-state index in [9.17, 15) is 0 Å². The summed E-state index contributed by atoms with van der Waals surface area (Å²) in [5, 5.41) is 0. The maximum Gasteiger partial charge on any atom is 0.0949 e. The van der Waals surface area contributed by atoms with Crippen molar-refractivity contribution in [1.29, 1.82) is 0 Å². The zero-order valence-electron chi connectivity index (χ0n) is 9.66. The second-order valence-corrected chi connectivity index (χ2v) is 6.29. The molecule has 0 radical (unpaired) electrons. The molecule has 0 atom stereocenters. The number of nitrogens with two attached hydrogens (primary N) is 1. The lowest BCUT2D eigenvalue weighted by Crippen LogP contribution is -2.32. The van der Waals surface area contributed by atoms with Crippen LogP contribution in [0.2, 0.25) is 0 Å². The predicted molar refractivity (Wildman–Crippen MR) is 64.9 cm³/mol. The van der Waals surface area contributed by atoms with E-state index in [4.69, 9.17) is 5.73 Å². The van der Waals surface area contributed by atoms with Crippen LogP contribution in [0.5, 0.6) is 0 Å². The van der Waals surface area contributed by atoms with Crippen molar-refractivity contribution in [3.05, 3.63) is 18.2 Å². The Kier molecular flexibility index (Phi) is 2.59. The Labute approximate surface area is 95.4 Å². The van der Waals surface area contributed by atoms with Gasteiger partial charge in [0, 0.05) is 17.5 Å². The number of aromatic nitrogens is 2. The fraction of sp³-hybridized carbons (Fsp3) is 0.727. The number of imidazole rings is 1. The molecule has 15 heavy (non-hydrogen) atoms. The van der Waals surface area contributed by atoms with E-state index in [0.717, 1.165) is 12.2 Å². The third-order valence-electron chi connectivity index (χ3n) is 3.07. The third-order valence-corrected chi connectivity index (χ3v) is 4.48. The van der Waals surface area contributed by atoms with Crippen LogP contribution >= 0.6 is 11.8 Å². The van der Waals surface area contributed by atoms with Gasteiger partial charge < -0.3 is 10.3 Å². The quantitative estimate of drug-likeness (QED) is 0.852. The molecule has 1 aromatic rings. The summed E-state index contributed by atoms with van der Waals surface area (Å²) in [6, 6.07) is 0. The molecule has 1 aromatic heterocycles. The van der Waals surface area contributed by atoms with Crippen molar-refractivity contribution in [3.63, 3.8) is 0 Å². The van der Waals surface area contributed by atoms with Gasteiger partial charge in [-0.1, -0.05) is 0 Å². The molecule has 3 nitrogen and oxygen atoms in total. The Morgan fingerprint density at radius 3 is 2.73 bits per heavy atom. The summed E-state index contributed by atoms with van der Waals surface area (Å²) < 4.78 is 2.67. The van der Waals surface area contributed by atoms with Crippen molar-refractivity contribution in [2.24, 2.45) is 5.73 Å². The maximum absolute atomic E-state index is 6.12. The molecule has 84 valence electrons.